The predicted molar refractivity (Wildman–Crippen MR) is 154 cm³/mol. The van der Waals surface area contributed by atoms with Crippen LogP contribution in [-0.4, -0.2) is 9.55 Å². The molecule has 176 valence electrons. The molecule has 0 atom stereocenters. The molecule has 1 aliphatic carbocycles. The Morgan fingerprint density at radius 2 is 1.72 bits per heavy atom. The molecule has 0 spiro atoms. The zero-order valence-electron chi connectivity index (χ0n) is 20.2. The van der Waals surface area contributed by atoms with Gasteiger partial charge in [0, 0.05) is 45.8 Å². The second-order valence-electron chi connectivity index (χ2n) is 9.46. The van der Waals surface area contributed by atoms with Crippen LogP contribution in [-0.2, 0) is 12.8 Å². The topological polar surface area (TPSA) is 21.1 Å². The predicted octanol–water partition coefficient (Wildman–Crippen LogP) is 9.00. The highest BCUT2D eigenvalue weighted by molar-refractivity contribution is 7.39. The lowest BCUT2D eigenvalue weighted by Crippen LogP contribution is -2.11. The highest BCUT2D eigenvalue weighted by Crippen LogP contribution is 2.46. The van der Waals surface area contributed by atoms with Gasteiger partial charge in [-0.25, -0.2) is 0 Å². The van der Waals surface area contributed by atoms with E-state index in [1.165, 1.54) is 53.7 Å². The molecule has 2 aromatic carbocycles. The lowest BCUT2D eigenvalue weighted by Gasteiger charge is -2.26. The number of hydrogen-bond acceptors (Lipinski definition) is 4. The largest absolute Gasteiger partial charge is 0.319 e. The maximum absolute atomic E-state index is 4.77. The third kappa shape index (κ3) is 3.50. The molecule has 0 saturated carbocycles. The van der Waals surface area contributed by atoms with Gasteiger partial charge in [0.25, 0.3) is 0 Å². The van der Waals surface area contributed by atoms with Gasteiger partial charge in [0.2, 0.25) is 0 Å². The van der Waals surface area contributed by atoms with Crippen LogP contribution in [0.15, 0.2) is 90.6 Å². The lowest BCUT2D eigenvalue weighted by atomic mass is 9.88. The average Bonchev–Trinajstić information content (AvgIpc) is 3.58. The molecule has 0 bridgehead atoms. The van der Waals surface area contributed by atoms with Crippen molar-refractivity contribution in [3.8, 4) is 16.9 Å². The molecule has 6 aromatic rings. The summed E-state index contributed by atoms with van der Waals surface area (Å²) in [4.78, 5) is 7.17. The van der Waals surface area contributed by atoms with E-state index < -0.39 is 0 Å². The van der Waals surface area contributed by atoms with Crippen molar-refractivity contribution >= 4 is 48.4 Å². The van der Waals surface area contributed by atoms with Crippen molar-refractivity contribution in [1.82, 2.24) is 9.55 Å². The van der Waals surface area contributed by atoms with E-state index in [1.807, 2.05) is 34.9 Å². The molecule has 7 rings (SSSR count). The van der Waals surface area contributed by atoms with Crippen molar-refractivity contribution in [3.05, 3.63) is 113 Å². The molecule has 4 aromatic heterocycles. The van der Waals surface area contributed by atoms with E-state index in [-0.39, 0.29) is 0 Å². The van der Waals surface area contributed by atoms with Gasteiger partial charge in [-0.1, -0.05) is 30.3 Å². The van der Waals surface area contributed by atoms with Crippen molar-refractivity contribution < 1.29 is 0 Å². The Morgan fingerprint density at radius 1 is 0.861 bits per heavy atom. The molecule has 36 heavy (non-hydrogen) atoms. The normalized spacial score (nSPS) is 12.5. The quantitative estimate of drug-likeness (QED) is 0.239. The van der Waals surface area contributed by atoms with Crippen LogP contribution in [0.5, 0.6) is 0 Å². The second kappa shape index (κ2) is 8.47. The monoisotopic (exact) mass is 503 g/mol. The van der Waals surface area contributed by atoms with Crippen LogP contribution < -0.4 is 4.90 Å². The van der Waals surface area contributed by atoms with Crippen LogP contribution in [0, 0.1) is 13.8 Å². The molecule has 5 heteroatoms. The molecule has 0 amide bonds. The van der Waals surface area contributed by atoms with E-state index in [0.29, 0.717) is 0 Å². The maximum Gasteiger partial charge on any atom is 0.102 e. The number of thiophene rings is 2. The summed E-state index contributed by atoms with van der Waals surface area (Å²) in [5, 5.41) is 4.82. The molecule has 4 heterocycles. The third-order valence-corrected chi connectivity index (χ3v) is 9.27. The number of benzene rings is 2. The van der Waals surface area contributed by atoms with Crippen molar-refractivity contribution in [2.45, 2.75) is 26.7 Å². The highest BCUT2D eigenvalue weighted by Gasteiger charge is 2.22. The minimum atomic E-state index is 1.06. The summed E-state index contributed by atoms with van der Waals surface area (Å²) >= 11 is 3.69. The van der Waals surface area contributed by atoms with Gasteiger partial charge in [-0.15, -0.1) is 22.7 Å². The summed E-state index contributed by atoms with van der Waals surface area (Å²) in [6, 6.07) is 26.5. The summed E-state index contributed by atoms with van der Waals surface area (Å²) in [6.07, 6.45) is 6.26. The minimum Gasteiger partial charge on any atom is -0.319 e. The van der Waals surface area contributed by atoms with Crippen LogP contribution in [0.1, 0.15) is 22.4 Å². The Bertz CT molecular complexity index is 1720. The summed E-state index contributed by atoms with van der Waals surface area (Å²) in [6.45, 7) is 4.34. The molecule has 0 unspecified atom stereocenters. The van der Waals surface area contributed by atoms with Gasteiger partial charge in [0.15, 0.2) is 0 Å². The standard InChI is InChI=1S/C31H25N3S2/c1-20-15-21(2)33(18-20)28-19-35-31-27(28)17-29(36-31)34(24-8-4-3-5-9-24)25-13-12-22-10-11-23-7-6-14-32-30(23)26(22)16-25/h3-9,12-19H,10-11H2,1-2H3. The molecular formula is C31H25N3S2. The number of anilines is 3. The minimum absolute atomic E-state index is 1.06. The number of nitrogens with zero attached hydrogens (tertiary/aromatic N) is 3. The molecule has 0 fully saturated rings. The number of para-hydroxylation sites is 1. The fraction of sp³-hybridized carbons (Fsp3) is 0.129. The smallest absolute Gasteiger partial charge is 0.102 e. The zero-order chi connectivity index (χ0) is 24.2. The summed E-state index contributed by atoms with van der Waals surface area (Å²) in [5.41, 5.74) is 11.3. The first-order valence-corrected chi connectivity index (χ1v) is 13.9. The molecule has 0 saturated heterocycles. The van der Waals surface area contributed by atoms with Crippen LogP contribution in [0.3, 0.4) is 0 Å². The number of aryl methyl sites for hydroxylation is 4. The van der Waals surface area contributed by atoms with Gasteiger partial charge in [-0.3, -0.25) is 4.98 Å². The molecular weight excluding hydrogens is 478 g/mol. The van der Waals surface area contributed by atoms with Crippen molar-refractivity contribution in [2.24, 2.45) is 0 Å². The van der Waals surface area contributed by atoms with E-state index in [0.717, 1.165) is 24.2 Å². The first kappa shape index (κ1) is 21.6. The lowest BCUT2D eigenvalue weighted by molar-refractivity contribution is 0.927. The fourth-order valence-corrected chi connectivity index (χ4v) is 7.66. The van der Waals surface area contributed by atoms with E-state index in [1.54, 1.807) is 0 Å². The summed E-state index contributed by atoms with van der Waals surface area (Å²) < 4.78 is 3.66. The van der Waals surface area contributed by atoms with E-state index in [9.17, 15) is 0 Å². The maximum atomic E-state index is 4.77. The Balaban J connectivity index is 1.40. The van der Waals surface area contributed by atoms with Crippen molar-refractivity contribution in [1.29, 1.82) is 0 Å². The van der Waals surface area contributed by atoms with Gasteiger partial charge < -0.3 is 9.47 Å². The van der Waals surface area contributed by atoms with E-state index >= 15 is 0 Å². The van der Waals surface area contributed by atoms with Gasteiger partial charge in [-0.2, -0.15) is 0 Å². The zero-order valence-corrected chi connectivity index (χ0v) is 21.9. The molecule has 3 nitrogen and oxygen atoms in total. The van der Waals surface area contributed by atoms with E-state index in [4.69, 9.17) is 4.98 Å². The highest BCUT2D eigenvalue weighted by atomic mass is 32.2. The van der Waals surface area contributed by atoms with Crippen molar-refractivity contribution in [3.63, 3.8) is 0 Å². The molecule has 0 radical (unpaired) electrons. The number of aromatic nitrogens is 2. The first-order chi connectivity index (χ1) is 17.7. The van der Waals surface area contributed by atoms with Gasteiger partial charge in [-0.05, 0) is 85.8 Å². The number of pyridine rings is 1. The fourth-order valence-electron chi connectivity index (χ4n) is 5.37. The van der Waals surface area contributed by atoms with Crippen LogP contribution >= 0.6 is 22.7 Å². The third-order valence-electron chi connectivity index (χ3n) is 7.04. The van der Waals surface area contributed by atoms with Crippen LogP contribution in [0.4, 0.5) is 16.4 Å². The Labute approximate surface area is 218 Å². The molecule has 0 N–H and O–H groups in total. The Hall–Kier alpha value is -3.67. The van der Waals surface area contributed by atoms with Gasteiger partial charge in [0.05, 0.1) is 15.4 Å². The summed E-state index contributed by atoms with van der Waals surface area (Å²) in [7, 11) is 0. The number of fused-ring (bicyclic) bond motifs is 4. The number of hydrogen-bond donors (Lipinski definition) is 0. The van der Waals surface area contributed by atoms with Gasteiger partial charge >= 0.3 is 0 Å². The number of rotatable bonds is 4. The van der Waals surface area contributed by atoms with E-state index in [2.05, 4.69) is 102 Å². The van der Waals surface area contributed by atoms with Crippen molar-refractivity contribution in [2.75, 3.05) is 4.90 Å². The summed E-state index contributed by atoms with van der Waals surface area (Å²) in [5.74, 6) is 0. The van der Waals surface area contributed by atoms with Gasteiger partial charge in [0.1, 0.15) is 5.00 Å². The molecule has 1 aliphatic rings. The Kier molecular flexibility index (Phi) is 5.08. The first-order valence-electron chi connectivity index (χ1n) is 12.2. The van der Waals surface area contributed by atoms with Crippen LogP contribution in [0.25, 0.3) is 26.3 Å². The average molecular weight is 504 g/mol. The second-order valence-corrected chi connectivity index (χ2v) is 11.6. The van der Waals surface area contributed by atoms with Crippen LogP contribution in [0.2, 0.25) is 0 Å². The SMILES string of the molecule is Cc1cc(C)n(-c2csc3sc(N(c4ccccc4)c4ccc5c(c4)-c4ncccc4CC5)cc23)c1. The molecule has 0 aliphatic heterocycles. The Morgan fingerprint density at radius 3 is 2.56 bits per heavy atom.